The molecule has 0 unspecified atom stereocenters. The lowest BCUT2D eigenvalue weighted by molar-refractivity contribution is 0.466. The van der Waals surface area contributed by atoms with E-state index in [1.807, 2.05) is 43.3 Å². The predicted molar refractivity (Wildman–Crippen MR) is 118 cm³/mol. The fourth-order valence-electron chi connectivity index (χ4n) is 3.25. The Morgan fingerprint density at radius 3 is 2.72 bits per heavy atom. The summed E-state index contributed by atoms with van der Waals surface area (Å²) < 4.78 is 12.5. The van der Waals surface area contributed by atoms with Crippen LogP contribution in [0.2, 0.25) is 0 Å². The first-order valence-corrected chi connectivity index (χ1v) is 10.5. The molecule has 3 heterocycles. The Morgan fingerprint density at radius 1 is 1.07 bits per heavy atom. The van der Waals surface area contributed by atoms with Gasteiger partial charge in [-0.05, 0) is 42.3 Å². The standard InChI is InChI=1S/C22H13BrN2O3S/c1-12-8-19(26)28-18-9-15(6-7-16(12)18)27-21-20-17(10-29-22(20)25-11-24-21)13-2-4-14(23)5-3-13/h2-11H,1H3. The number of rotatable bonds is 3. The molecule has 0 aliphatic carbocycles. The smallest absolute Gasteiger partial charge is 0.336 e. The summed E-state index contributed by atoms with van der Waals surface area (Å²) >= 11 is 5.01. The molecule has 3 aromatic heterocycles. The molecule has 0 bridgehead atoms. The number of benzene rings is 2. The minimum atomic E-state index is -0.382. The van der Waals surface area contributed by atoms with Gasteiger partial charge in [-0.25, -0.2) is 14.8 Å². The zero-order valence-corrected chi connectivity index (χ0v) is 17.6. The largest absolute Gasteiger partial charge is 0.438 e. The minimum absolute atomic E-state index is 0.382. The van der Waals surface area contributed by atoms with E-state index < -0.39 is 0 Å². The summed E-state index contributed by atoms with van der Waals surface area (Å²) in [6.07, 6.45) is 1.49. The van der Waals surface area contributed by atoms with Gasteiger partial charge in [0.05, 0.1) is 5.39 Å². The number of ether oxygens (including phenoxy) is 1. The van der Waals surface area contributed by atoms with Crippen LogP contribution in [0.1, 0.15) is 5.56 Å². The average molecular weight is 465 g/mol. The van der Waals surface area contributed by atoms with Crippen molar-refractivity contribution in [2.75, 3.05) is 0 Å². The van der Waals surface area contributed by atoms with Gasteiger partial charge in [-0.3, -0.25) is 0 Å². The SMILES string of the molecule is Cc1cc(=O)oc2cc(Oc3ncnc4scc(-c5ccc(Br)cc5)c34)ccc12. The first-order chi connectivity index (χ1) is 14.1. The maximum atomic E-state index is 11.7. The van der Waals surface area contributed by atoms with E-state index in [9.17, 15) is 4.79 Å². The topological polar surface area (TPSA) is 65.2 Å². The van der Waals surface area contributed by atoms with Crippen LogP contribution in [0.3, 0.4) is 0 Å². The summed E-state index contributed by atoms with van der Waals surface area (Å²) in [6, 6.07) is 15.0. The molecule has 5 aromatic rings. The van der Waals surface area contributed by atoms with Crippen LogP contribution in [0.15, 0.2) is 73.9 Å². The van der Waals surface area contributed by atoms with Crippen molar-refractivity contribution < 1.29 is 9.15 Å². The fourth-order valence-corrected chi connectivity index (χ4v) is 4.42. The zero-order chi connectivity index (χ0) is 20.0. The number of hydrogen-bond acceptors (Lipinski definition) is 6. The number of halogens is 1. The number of nitrogens with zero attached hydrogens (tertiary/aromatic N) is 2. The van der Waals surface area contributed by atoms with Crippen LogP contribution in [0.25, 0.3) is 32.3 Å². The molecule has 0 aliphatic heterocycles. The third-order valence-corrected chi connectivity index (χ3v) is 6.04. The highest BCUT2D eigenvalue weighted by atomic mass is 79.9. The summed E-state index contributed by atoms with van der Waals surface area (Å²) in [5.74, 6) is 1.00. The molecule has 0 saturated heterocycles. The van der Waals surface area contributed by atoms with Gasteiger partial charge in [-0.1, -0.05) is 28.1 Å². The highest BCUT2D eigenvalue weighted by Crippen LogP contribution is 2.39. The summed E-state index contributed by atoms with van der Waals surface area (Å²) in [5.41, 5.74) is 3.03. The molecule has 0 amide bonds. The van der Waals surface area contributed by atoms with E-state index in [0.29, 0.717) is 17.2 Å². The van der Waals surface area contributed by atoms with E-state index >= 15 is 0 Å². The van der Waals surface area contributed by atoms with E-state index in [1.54, 1.807) is 17.4 Å². The molecule has 0 radical (unpaired) electrons. The summed E-state index contributed by atoms with van der Waals surface area (Å²) in [6.45, 7) is 1.88. The molecule has 0 saturated carbocycles. The number of aryl methyl sites for hydroxylation is 1. The minimum Gasteiger partial charge on any atom is -0.438 e. The Labute approximate surface area is 177 Å². The van der Waals surface area contributed by atoms with Crippen LogP contribution in [0.4, 0.5) is 0 Å². The third kappa shape index (κ3) is 3.32. The fraction of sp³-hybridized carbons (Fsp3) is 0.0455. The molecule has 0 aliphatic rings. The van der Waals surface area contributed by atoms with Gasteiger partial charge in [0, 0.05) is 32.9 Å². The van der Waals surface area contributed by atoms with E-state index in [0.717, 1.165) is 36.8 Å². The van der Waals surface area contributed by atoms with Crippen molar-refractivity contribution in [2.45, 2.75) is 6.92 Å². The third-order valence-electron chi connectivity index (χ3n) is 4.63. The first-order valence-electron chi connectivity index (χ1n) is 8.79. The van der Waals surface area contributed by atoms with Crippen LogP contribution in [0.5, 0.6) is 11.6 Å². The Bertz CT molecular complexity index is 1420. The lowest BCUT2D eigenvalue weighted by atomic mass is 10.1. The van der Waals surface area contributed by atoms with Crippen molar-refractivity contribution in [1.29, 1.82) is 0 Å². The van der Waals surface area contributed by atoms with Gasteiger partial charge in [0.1, 0.15) is 22.5 Å². The number of fused-ring (bicyclic) bond motifs is 2. The Balaban J connectivity index is 1.62. The number of aromatic nitrogens is 2. The van der Waals surface area contributed by atoms with Crippen LogP contribution in [-0.4, -0.2) is 9.97 Å². The van der Waals surface area contributed by atoms with Crippen molar-refractivity contribution in [1.82, 2.24) is 9.97 Å². The van der Waals surface area contributed by atoms with E-state index in [-0.39, 0.29) is 5.63 Å². The van der Waals surface area contributed by atoms with Gasteiger partial charge in [-0.15, -0.1) is 11.3 Å². The summed E-state index contributed by atoms with van der Waals surface area (Å²) in [4.78, 5) is 21.3. The maximum absolute atomic E-state index is 11.7. The van der Waals surface area contributed by atoms with Crippen molar-refractivity contribution in [3.8, 4) is 22.8 Å². The summed E-state index contributed by atoms with van der Waals surface area (Å²) in [7, 11) is 0. The van der Waals surface area contributed by atoms with Gasteiger partial charge in [0.25, 0.3) is 0 Å². The van der Waals surface area contributed by atoms with Crippen LogP contribution >= 0.6 is 27.3 Å². The Morgan fingerprint density at radius 2 is 1.90 bits per heavy atom. The molecular formula is C22H13BrN2O3S. The lowest BCUT2D eigenvalue weighted by Gasteiger charge is -2.09. The molecule has 0 atom stereocenters. The monoisotopic (exact) mass is 464 g/mol. The molecule has 29 heavy (non-hydrogen) atoms. The quantitative estimate of drug-likeness (QED) is 0.292. The van der Waals surface area contributed by atoms with E-state index in [1.165, 1.54) is 12.4 Å². The Kier molecular flexibility index (Phi) is 4.41. The highest BCUT2D eigenvalue weighted by Gasteiger charge is 2.15. The van der Waals surface area contributed by atoms with Crippen LogP contribution < -0.4 is 10.4 Å². The van der Waals surface area contributed by atoms with Gasteiger partial charge < -0.3 is 9.15 Å². The van der Waals surface area contributed by atoms with Crippen molar-refractivity contribution in [3.63, 3.8) is 0 Å². The first kappa shape index (κ1) is 18.0. The van der Waals surface area contributed by atoms with Crippen molar-refractivity contribution in [3.05, 3.63) is 80.7 Å². The van der Waals surface area contributed by atoms with Crippen molar-refractivity contribution >= 4 is 48.5 Å². The van der Waals surface area contributed by atoms with E-state index in [2.05, 4.69) is 31.3 Å². The molecular weight excluding hydrogens is 452 g/mol. The molecule has 7 heteroatoms. The van der Waals surface area contributed by atoms with E-state index in [4.69, 9.17) is 9.15 Å². The molecule has 142 valence electrons. The molecule has 0 spiro atoms. The van der Waals surface area contributed by atoms with Crippen LogP contribution in [-0.2, 0) is 0 Å². The van der Waals surface area contributed by atoms with Gasteiger partial charge in [0.15, 0.2) is 0 Å². The van der Waals surface area contributed by atoms with Crippen molar-refractivity contribution in [2.24, 2.45) is 0 Å². The van der Waals surface area contributed by atoms with Gasteiger partial charge in [-0.2, -0.15) is 0 Å². The van der Waals surface area contributed by atoms with Gasteiger partial charge in [0.2, 0.25) is 5.88 Å². The lowest BCUT2D eigenvalue weighted by Crippen LogP contribution is -1.98. The molecule has 5 nitrogen and oxygen atoms in total. The second-order valence-electron chi connectivity index (χ2n) is 6.52. The highest BCUT2D eigenvalue weighted by molar-refractivity contribution is 9.10. The molecule has 5 rings (SSSR count). The number of thiophene rings is 1. The second-order valence-corrected chi connectivity index (χ2v) is 8.30. The summed E-state index contributed by atoms with van der Waals surface area (Å²) in [5, 5.41) is 3.78. The Hall–Kier alpha value is -3.03. The predicted octanol–water partition coefficient (Wildman–Crippen LogP) is 6.33. The molecule has 0 N–H and O–H groups in total. The number of hydrogen-bond donors (Lipinski definition) is 0. The second kappa shape index (κ2) is 7.09. The zero-order valence-electron chi connectivity index (χ0n) is 15.2. The normalized spacial score (nSPS) is 11.2. The molecule has 2 aromatic carbocycles. The van der Waals surface area contributed by atoms with Crippen LogP contribution in [0, 0.1) is 6.92 Å². The van der Waals surface area contributed by atoms with Gasteiger partial charge >= 0.3 is 5.63 Å². The molecule has 0 fully saturated rings. The average Bonchev–Trinajstić information content (AvgIpc) is 3.13. The maximum Gasteiger partial charge on any atom is 0.336 e.